The molecule has 0 aromatic carbocycles. The molecule has 0 radical (unpaired) electrons. The number of hydrogen-bond donors (Lipinski definition) is 1. The van der Waals surface area contributed by atoms with Crippen LogP contribution in [0.5, 0.6) is 0 Å². The molecule has 2 aliphatic heterocycles. The molecule has 1 aromatic heterocycles. The summed E-state index contributed by atoms with van der Waals surface area (Å²) >= 11 is 1.94. The van der Waals surface area contributed by atoms with Crippen LogP contribution in [0.25, 0.3) is 0 Å². The fourth-order valence-corrected chi connectivity index (χ4v) is 4.47. The molecule has 0 aliphatic carbocycles. The highest BCUT2D eigenvalue weighted by atomic mass is 32.2. The molecule has 128 valence electrons. The fraction of sp³-hybridized carbons (Fsp3) is 0.812. The molecule has 7 heteroatoms. The molecule has 0 unspecified atom stereocenters. The number of carbonyl (C=O) groups excluding carboxylic acids is 1. The molecule has 6 nitrogen and oxygen atoms in total. The van der Waals surface area contributed by atoms with Gasteiger partial charge in [0.2, 0.25) is 0 Å². The third-order valence-corrected chi connectivity index (χ3v) is 6.34. The highest BCUT2D eigenvalue weighted by molar-refractivity contribution is 8.00. The van der Waals surface area contributed by atoms with E-state index in [1.54, 1.807) is 0 Å². The van der Waals surface area contributed by atoms with Crippen LogP contribution >= 0.6 is 11.8 Å². The third kappa shape index (κ3) is 3.20. The van der Waals surface area contributed by atoms with Gasteiger partial charge in [-0.15, -0.1) is 10.2 Å². The van der Waals surface area contributed by atoms with Gasteiger partial charge in [-0.3, -0.25) is 0 Å². The smallest absolute Gasteiger partial charge is 0.318 e. The van der Waals surface area contributed by atoms with E-state index in [4.69, 9.17) is 0 Å². The summed E-state index contributed by atoms with van der Waals surface area (Å²) in [5, 5.41) is 12.4. The zero-order valence-electron chi connectivity index (χ0n) is 14.5. The van der Waals surface area contributed by atoms with Crippen molar-refractivity contribution in [1.29, 1.82) is 0 Å². The van der Waals surface area contributed by atoms with Crippen molar-refractivity contribution in [2.45, 2.75) is 64.4 Å². The number of nitrogens with one attached hydrogen (secondary N) is 1. The molecule has 2 amide bonds. The minimum atomic E-state index is -0.0843. The summed E-state index contributed by atoms with van der Waals surface area (Å²) in [4.78, 5) is 14.8. The Morgan fingerprint density at radius 2 is 2.09 bits per heavy atom. The number of urea groups is 1. The molecular formula is C16H27N5OS. The van der Waals surface area contributed by atoms with Crippen molar-refractivity contribution in [3.8, 4) is 0 Å². The number of thioether (sulfide) groups is 1. The average molecular weight is 337 g/mol. The molecule has 1 aromatic rings. The highest BCUT2D eigenvalue weighted by Gasteiger charge is 2.33. The van der Waals surface area contributed by atoms with Gasteiger partial charge in [-0.25, -0.2) is 4.79 Å². The lowest BCUT2D eigenvalue weighted by Crippen LogP contribution is -2.53. The summed E-state index contributed by atoms with van der Waals surface area (Å²) in [6, 6.07) is 0.198. The zero-order chi connectivity index (χ0) is 16.6. The van der Waals surface area contributed by atoms with E-state index in [1.807, 2.05) is 16.7 Å². The molecule has 0 spiro atoms. The van der Waals surface area contributed by atoms with Gasteiger partial charge in [0.1, 0.15) is 5.82 Å². The SMILES string of the molecule is CC(C)[C@H](NC(=O)N1CCS[C@H](C)[C@H]1C)c1nnc2n1CCC2. The van der Waals surface area contributed by atoms with Gasteiger partial charge in [-0.1, -0.05) is 20.8 Å². The first kappa shape index (κ1) is 16.6. The van der Waals surface area contributed by atoms with Crippen molar-refractivity contribution >= 4 is 17.8 Å². The molecule has 23 heavy (non-hydrogen) atoms. The first-order chi connectivity index (χ1) is 11.0. The van der Waals surface area contributed by atoms with Gasteiger partial charge < -0.3 is 14.8 Å². The maximum atomic E-state index is 12.8. The topological polar surface area (TPSA) is 63.1 Å². The molecule has 1 fully saturated rings. The summed E-state index contributed by atoms with van der Waals surface area (Å²) in [5.74, 6) is 3.25. The van der Waals surface area contributed by atoms with E-state index in [-0.39, 0.29) is 24.0 Å². The second-order valence-electron chi connectivity index (χ2n) is 6.91. The monoisotopic (exact) mass is 337 g/mol. The van der Waals surface area contributed by atoms with Crippen LogP contribution in [0, 0.1) is 5.92 Å². The maximum Gasteiger partial charge on any atom is 0.318 e. The molecular weight excluding hydrogens is 310 g/mol. The van der Waals surface area contributed by atoms with Gasteiger partial charge in [-0.05, 0) is 19.3 Å². The number of fused-ring (bicyclic) bond motifs is 1. The van der Waals surface area contributed by atoms with Crippen molar-refractivity contribution in [1.82, 2.24) is 25.0 Å². The number of carbonyl (C=O) groups is 1. The fourth-order valence-electron chi connectivity index (χ4n) is 3.37. The number of nitrogens with zero attached hydrogens (tertiary/aromatic N) is 4. The molecule has 0 saturated carbocycles. The van der Waals surface area contributed by atoms with Crippen molar-refractivity contribution in [3.63, 3.8) is 0 Å². The first-order valence-corrected chi connectivity index (χ1v) is 9.64. The Bertz CT molecular complexity index is 573. The van der Waals surface area contributed by atoms with E-state index in [9.17, 15) is 4.79 Å². The standard InChI is InChI=1S/C16H27N5OS/c1-10(2)14(15-19-18-13-6-5-7-21(13)15)17-16(22)20-8-9-23-12(4)11(20)3/h10-12,14H,5-9H2,1-4H3,(H,17,22)/t11-,12-,14+/m1/s1. The van der Waals surface area contributed by atoms with Gasteiger partial charge in [0, 0.05) is 36.6 Å². The van der Waals surface area contributed by atoms with E-state index >= 15 is 0 Å². The molecule has 2 aliphatic rings. The molecule has 0 bridgehead atoms. The van der Waals surface area contributed by atoms with Gasteiger partial charge in [0.25, 0.3) is 0 Å². The summed E-state index contributed by atoms with van der Waals surface area (Å²) in [7, 11) is 0. The van der Waals surface area contributed by atoms with E-state index in [0.717, 1.165) is 43.3 Å². The van der Waals surface area contributed by atoms with Crippen LogP contribution in [-0.4, -0.2) is 49.3 Å². The summed E-state index contributed by atoms with van der Waals surface area (Å²) in [6.07, 6.45) is 2.11. The van der Waals surface area contributed by atoms with Gasteiger partial charge in [0.15, 0.2) is 5.82 Å². The molecule has 3 rings (SSSR count). The van der Waals surface area contributed by atoms with E-state index in [0.29, 0.717) is 5.25 Å². The minimum absolute atomic E-state index is 0.0266. The quantitative estimate of drug-likeness (QED) is 0.920. The van der Waals surface area contributed by atoms with Crippen LogP contribution in [0.2, 0.25) is 0 Å². The Labute approximate surface area is 142 Å². The average Bonchev–Trinajstić information content (AvgIpc) is 3.10. The lowest BCUT2D eigenvalue weighted by molar-refractivity contribution is 0.172. The predicted octanol–water partition coefficient (Wildman–Crippen LogP) is 2.46. The summed E-state index contributed by atoms with van der Waals surface area (Å²) < 4.78 is 2.18. The Morgan fingerprint density at radius 1 is 1.30 bits per heavy atom. The molecule has 3 atom stereocenters. The van der Waals surface area contributed by atoms with E-state index in [2.05, 4.69) is 47.8 Å². The summed E-state index contributed by atoms with van der Waals surface area (Å²) in [5.41, 5.74) is 0. The third-order valence-electron chi connectivity index (χ3n) is 5.01. The molecule has 1 N–H and O–H groups in total. The second-order valence-corrected chi connectivity index (χ2v) is 8.40. The molecule has 3 heterocycles. The number of amides is 2. The number of hydrogen-bond acceptors (Lipinski definition) is 4. The lowest BCUT2D eigenvalue weighted by atomic mass is 10.0. The van der Waals surface area contributed by atoms with Crippen LogP contribution in [0.1, 0.15) is 51.8 Å². The van der Waals surface area contributed by atoms with Crippen LogP contribution in [0.15, 0.2) is 0 Å². The van der Waals surface area contributed by atoms with Crippen molar-refractivity contribution < 1.29 is 4.79 Å². The van der Waals surface area contributed by atoms with Gasteiger partial charge >= 0.3 is 6.03 Å². The normalized spacial score (nSPS) is 25.5. The summed E-state index contributed by atoms with van der Waals surface area (Å²) in [6.45, 7) is 10.4. The Balaban J connectivity index is 1.76. The van der Waals surface area contributed by atoms with Crippen LogP contribution in [0.3, 0.4) is 0 Å². The van der Waals surface area contributed by atoms with E-state index in [1.165, 1.54) is 0 Å². The van der Waals surface area contributed by atoms with Crippen molar-refractivity contribution in [2.75, 3.05) is 12.3 Å². The van der Waals surface area contributed by atoms with E-state index < -0.39 is 0 Å². The molecule has 1 saturated heterocycles. The predicted molar refractivity (Wildman–Crippen MR) is 92.5 cm³/mol. The minimum Gasteiger partial charge on any atom is -0.328 e. The van der Waals surface area contributed by atoms with Crippen LogP contribution in [-0.2, 0) is 13.0 Å². The first-order valence-electron chi connectivity index (χ1n) is 8.59. The van der Waals surface area contributed by atoms with Crippen LogP contribution < -0.4 is 5.32 Å². The zero-order valence-corrected chi connectivity index (χ0v) is 15.3. The van der Waals surface area contributed by atoms with Gasteiger partial charge in [0.05, 0.1) is 6.04 Å². The number of aromatic nitrogens is 3. The second kappa shape index (κ2) is 6.71. The highest BCUT2D eigenvalue weighted by Crippen LogP contribution is 2.27. The van der Waals surface area contributed by atoms with Gasteiger partial charge in [-0.2, -0.15) is 11.8 Å². The lowest BCUT2D eigenvalue weighted by Gasteiger charge is -2.38. The Kier molecular flexibility index (Phi) is 4.85. The van der Waals surface area contributed by atoms with Crippen molar-refractivity contribution in [3.05, 3.63) is 11.6 Å². The Morgan fingerprint density at radius 3 is 2.83 bits per heavy atom. The Hall–Kier alpha value is -1.24. The van der Waals surface area contributed by atoms with Crippen molar-refractivity contribution in [2.24, 2.45) is 5.92 Å². The largest absolute Gasteiger partial charge is 0.328 e. The number of aryl methyl sites for hydroxylation is 1. The van der Waals surface area contributed by atoms with Crippen LogP contribution in [0.4, 0.5) is 4.79 Å². The maximum absolute atomic E-state index is 12.8. The number of rotatable bonds is 3.